The maximum atomic E-state index is 10.9. The smallest absolute Gasteiger partial charge is 0.269 e. The second kappa shape index (κ2) is 7.32. The van der Waals surface area contributed by atoms with E-state index in [4.69, 9.17) is 0 Å². The molecule has 0 saturated carbocycles. The molecule has 0 bridgehead atoms. The van der Waals surface area contributed by atoms with E-state index in [1.165, 1.54) is 24.3 Å². The highest BCUT2D eigenvalue weighted by molar-refractivity contribution is 9.10. The van der Waals surface area contributed by atoms with Crippen LogP contribution in [0.1, 0.15) is 0 Å². The van der Waals surface area contributed by atoms with Crippen molar-refractivity contribution in [2.75, 3.05) is 4.90 Å². The number of non-ortho nitro benzene ring substituents is 2. The highest BCUT2D eigenvalue weighted by Crippen LogP contribution is 2.39. The van der Waals surface area contributed by atoms with E-state index in [0.717, 1.165) is 10.2 Å². The van der Waals surface area contributed by atoms with Gasteiger partial charge in [0.05, 0.1) is 15.5 Å². The van der Waals surface area contributed by atoms with Crippen LogP contribution in [0.5, 0.6) is 0 Å². The summed E-state index contributed by atoms with van der Waals surface area (Å²) in [6.45, 7) is 0. The summed E-state index contributed by atoms with van der Waals surface area (Å²) in [5.41, 5.74) is 2.16. The van der Waals surface area contributed by atoms with Gasteiger partial charge in [0.25, 0.3) is 11.4 Å². The summed E-state index contributed by atoms with van der Waals surface area (Å²) in [6, 6.07) is 19.7. The van der Waals surface area contributed by atoms with Crippen LogP contribution < -0.4 is 4.90 Å². The average molecular weight is 414 g/mol. The summed E-state index contributed by atoms with van der Waals surface area (Å²) in [5, 5.41) is 21.8. The second-order valence-electron chi connectivity index (χ2n) is 5.33. The number of nitrogens with zero attached hydrogens (tertiary/aromatic N) is 3. The first kappa shape index (κ1) is 17.6. The topological polar surface area (TPSA) is 89.5 Å². The third-order valence-corrected chi connectivity index (χ3v) is 4.40. The molecule has 0 aliphatic carbocycles. The predicted octanol–water partition coefficient (Wildman–Crippen LogP) is 5.74. The average Bonchev–Trinajstić information content (AvgIpc) is 2.64. The molecule has 7 nitrogen and oxygen atoms in total. The van der Waals surface area contributed by atoms with Gasteiger partial charge in [0.1, 0.15) is 0 Å². The molecule has 0 saturated heterocycles. The maximum Gasteiger partial charge on any atom is 0.269 e. The lowest BCUT2D eigenvalue weighted by Crippen LogP contribution is -2.10. The number of hydrogen-bond acceptors (Lipinski definition) is 5. The van der Waals surface area contributed by atoms with Crippen LogP contribution in [0, 0.1) is 20.2 Å². The first-order chi connectivity index (χ1) is 12.5. The monoisotopic (exact) mass is 413 g/mol. The summed E-state index contributed by atoms with van der Waals surface area (Å²) < 4.78 is 0.816. The lowest BCUT2D eigenvalue weighted by atomic mass is 10.1. The first-order valence-electron chi connectivity index (χ1n) is 7.51. The quantitative estimate of drug-likeness (QED) is 0.393. The van der Waals surface area contributed by atoms with Gasteiger partial charge >= 0.3 is 0 Å². The lowest BCUT2D eigenvalue weighted by Gasteiger charge is -2.26. The van der Waals surface area contributed by atoms with E-state index in [2.05, 4.69) is 15.9 Å². The Hall–Kier alpha value is -3.26. The number of para-hydroxylation sites is 1. The minimum absolute atomic E-state index is 0.00970. The molecule has 3 aromatic rings. The third-order valence-electron chi connectivity index (χ3n) is 3.73. The fourth-order valence-corrected chi connectivity index (χ4v) is 2.97. The van der Waals surface area contributed by atoms with Gasteiger partial charge in [-0.3, -0.25) is 20.2 Å². The van der Waals surface area contributed by atoms with E-state index in [0.29, 0.717) is 11.4 Å². The minimum atomic E-state index is -0.460. The van der Waals surface area contributed by atoms with E-state index >= 15 is 0 Å². The Balaban J connectivity index is 2.12. The molecule has 0 N–H and O–H groups in total. The van der Waals surface area contributed by atoms with Crippen LogP contribution in [0.2, 0.25) is 0 Å². The van der Waals surface area contributed by atoms with E-state index in [9.17, 15) is 20.2 Å². The Morgan fingerprint density at radius 1 is 0.692 bits per heavy atom. The number of hydrogen-bond donors (Lipinski definition) is 0. The maximum absolute atomic E-state index is 10.9. The van der Waals surface area contributed by atoms with Crippen molar-refractivity contribution in [3.8, 4) is 0 Å². The van der Waals surface area contributed by atoms with Crippen molar-refractivity contribution in [3.05, 3.63) is 97.5 Å². The molecular weight excluding hydrogens is 402 g/mol. The molecule has 8 heteroatoms. The highest BCUT2D eigenvalue weighted by Gasteiger charge is 2.17. The largest absolute Gasteiger partial charge is 0.309 e. The number of halogens is 1. The van der Waals surface area contributed by atoms with Gasteiger partial charge in [-0.15, -0.1) is 0 Å². The zero-order chi connectivity index (χ0) is 18.7. The summed E-state index contributed by atoms with van der Waals surface area (Å²) in [6.07, 6.45) is 0. The van der Waals surface area contributed by atoms with E-state index < -0.39 is 9.85 Å². The lowest BCUT2D eigenvalue weighted by molar-refractivity contribution is -0.385. The molecule has 3 aromatic carbocycles. The zero-order valence-corrected chi connectivity index (χ0v) is 14.9. The van der Waals surface area contributed by atoms with Gasteiger partial charge in [0, 0.05) is 40.1 Å². The van der Waals surface area contributed by atoms with Gasteiger partial charge in [-0.2, -0.15) is 0 Å². The molecule has 130 valence electrons. The molecule has 0 aliphatic rings. The van der Waals surface area contributed by atoms with Crippen molar-refractivity contribution >= 4 is 44.4 Å². The predicted molar refractivity (Wildman–Crippen MR) is 102 cm³/mol. The van der Waals surface area contributed by atoms with E-state index in [1.54, 1.807) is 24.3 Å². The summed E-state index contributed by atoms with van der Waals surface area (Å²) in [4.78, 5) is 22.7. The molecule has 0 fully saturated rings. The Labute approximate surface area is 156 Å². The number of nitro benzene ring substituents is 2. The van der Waals surface area contributed by atoms with Crippen molar-refractivity contribution in [1.82, 2.24) is 0 Å². The molecule has 0 aliphatic heterocycles. The Bertz CT molecular complexity index is 901. The molecule has 3 rings (SSSR count). The molecule has 0 atom stereocenters. The fourth-order valence-electron chi connectivity index (χ4n) is 2.51. The zero-order valence-electron chi connectivity index (χ0n) is 13.3. The molecule has 26 heavy (non-hydrogen) atoms. The number of nitro groups is 2. The minimum Gasteiger partial charge on any atom is -0.309 e. The standard InChI is InChI=1S/C18H12BrN3O4/c19-17-3-1-2-4-18(17)20(13-5-9-15(10-6-13)21(23)24)14-7-11-16(12-8-14)22(25)26/h1-12H. The van der Waals surface area contributed by atoms with Crippen LogP contribution in [-0.2, 0) is 0 Å². The van der Waals surface area contributed by atoms with Crippen molar-refractivity contribution < 1.29 is 9.85 Å². The fraction of sp³-hybridized carbons (Fsp3) is 0. The van der Waals surface area contributed by atoms with Crippen LogP contribution in [0.15, 0.2) is 77.3 Å². The first-order valence-corrected chi connectivity index (χ1v) is 8.30. The molecule has 0 spiro atoms. The number of rotatable bonds is 5. The number of anilines is 3. The van der Waals surface area contributed by atoms with Crippen LogP contribution in [-0.4, -0.2) is 9.85 Å². The normalized spacial score (nSPS) is 10.3. The van der Waals surface area contributed by atoms with Gasteiger partial charge in [-0.05, 0) is 52.3 Å². The highest BCUT2D eigenvalue weighted by atomic mass is 79.9. The summed E-state index contributed by atoms with van der Waals surface area (Å²) in [5.74, 6) is 0. The third kappa shape index (κ3) is 3.55. The molecule has 0 unspecified atom stereocenters. The van der Waals surface area contributed by atoms with Gasteiger partial charge in [0.15, 0.2) is 0 Å². The van der Waals surface area contributed by atoms with Crippen molar-refractivity contribution in [1.29, 1.82) is 0 Å². The molecular formula is C18H12BrN3O4. The van der Waals surface area contributed by atoms with E-state index in [1.807, 2.05) is 29.2 Å². The number of benzene rings is 3. The Morgan fingerprint density at radius 3 is 1.50 bits per heavy atom. The molecule has 0 radical (unpaired) electrons. The van der Waals surface area contributed by atoms with Crippen molar-refractivity contribution in [3.63, 3.8) is 0 Å². The van der Waals surface area contributed by atoms with Crippen LogP contribution >= 0.6 is 15.9 Å². The van der Waals surface area contributed by atoms with Gasteiger partial charge in [-0.1, -0.05) is 12.1 Å². The van der Waals surface area contributed by atoms with Crippen LogP contribution in [0.25, 0.3) is 0 Å². The van der Waals surface area contributed by atoms with Crippen LogP contribution in [0.3, 0.4) is 0 Å². The SMILES string of the molecule is O=[N+]([O-])c1ccc(N(c2ccc([N+](=O)[O-])cc2)c2ccccc2Br)cc1. The molecule has 0 heterocycles. The van der Waals surface area contributed by atoms with Crippen molar-refractivity contribution in [2.45, 2.75) is 0 Å². The van der Waals surface area contributed by atoms with Gasteiger partial charge in [-0.25, -0.2) is 0 Å². The summed E-state index contributed by atoms with van der Waals surface area (Å²) in [7, 11) is 0. The van der Waals surface area contributed by atoms with E-state index in [-0.39, 0.29) is 11.4 Å². The van der Waals surface area contributed by atoms with Crippen LogP contribution in [0.4, 0.5) is 28.4 Å². The van der Waals surface area contributed by atoms with Gasteiger partial charge < -0.3 is 4.90 Å². The summed E-state index contributed by atoms with van der Waals surface area (Å²) >= 11 is 3.51. The second-order valence-corrected chi connectivity index (χ2v) is 6.19. The van der Waals surface area contributed by atoms with Crippen molar-refractivity contribution in [2.24, 2.45) is 0 Å². The van der Waals surface area contributed by atoms with Gasteiger partial charge in [0.2, 0.25) is 0 Å². The Kier molecular flexibility index (Phi) is 4.94. The molecule has 0 aromatic heterocycles. The molecule has 0 amide bonds. The Morgan fingerprint density at radius 2 is 1.12 bits per heavy atom.